The third-order valence-corrected chi connectivity index (χ3v) is 4.74. The molecule has 1 fully saturated rings. The number of hydrogen-bond donors (Lipinski definition) is 2. The van der Waals surface area contributed by atoms with Crippen LogP contribution in [0.2, 0.25) is 0 Å². The molecule has 1 heterocycles. The van der Waals surface area contributed by atoms with E-state index in [2.05, 4.69) is 6.08 Å². The Bertz CT molecular complexity index is 570. The number of anilines is 1. The summed E-state index contributed by atoms with van der Waals surface area (Å²) in [6.07, 6.45) is 2.08. The van der Waals surface area contributed by atoms with Crippen LogP contribution in [0.15, 0.2) is 17.6 Å². The van der Waals surface area contributed by atoms with E-state index >= 15 is 0 Å². The molecule has 1 aromatic carbocycles. The second kappa shape index (κ2) is 5.72. The molecule has 0 amide bonds. The van der Waals surface area contributed by atoms with E-state index in [1.807, 2.05) is 53.7 Å². The average molecular weight is 302 g/mol. The summed E-state index contributed by atoms with van der Waals surface area (Å²) in [7, 11) is -0.411. The Kier molecular flexibility index (Phi) is 4.44. The lowest BCUT2D eigenvalue weighted by molar-refractivity contribution is 0.00578. The van der Waals surface area contributed by atoms with E-state index in [0.29, 0.717) is 6.54 Å². The van der Waals surface area contributed by atoms with Gasteiger partial charge in [0.25, 0.3) is 0 Å². The first kappa shape index (κ1) is 17.1. The summed E-state index contributed by atoms with van der Waals surface area (Å²) in [6.45, 7) is 12.7. The van der Waals surface area contributed by atoms with Gasteiger partial charge in [-0.15, -0.1) is 0 Å². The molecular weight excluding hydrogens is 275 g/mol. The maximum Gasteiger partial charge on any atom is 0.491 e. The Morgan fingerprint density at radius 3 is 1.95 bits per heavy atom. The highest BCUT2D eigenvalue weighted by molar-refractivity contribution is 6.55. The van der Waals surface area contributed by atoms with Gasteiger partial charge >= 0.3 is 7.12 Å². The van der Waals surface area contributed by atoms with Gasteiger partial charge < -0.3 is 20.8 Å². The van der Waals surface area contributed by atoms with Crippen molar-refractivity contribution in [1.82, 2.24) is 0 Å². The number of benzene rings is 1. The van der Waals surface area contributed by atoms with E-state index in [1.54, 1.807) is 0 Å². The molecule has 5 heteroatoms. The molecule has 0 unspecified atom stereocenters. The molecule has 1 aliphatic rings. The molecule has 1 aliphatic heterocycles. The van der Waals surface area contributed by atoms with Crippen LogP contribution in [0.25, 0.3) is 6.08 Å². The van der Waals surface area contributed by atoms with Crippen molar-refractivity contribution in [3.63, 3.8) is 0 Å². The van der Waals surface area contributed by atoms with Crippen molar-refractivity contribution in [3.8, 4) is 0 Å². The Hall–Kier alpha value is -1.30. The summed E-state index contributed by atoms with van der Waals surface area (Å²) in [4.78, 5) is 0. The van der Waals surface area contributed by atoms with Crippen molar-refractivity contribution >= 4 is 18.9 Å². The number of nitrogens with two attached hydrogens (primary N) is 2. The average Bonchev–Trinajstić information content (AvgIpc) is 2.57. The number of hydrogen-bond acceptors (Lipinski definition) is 4. The van der Waals surface area contributed by atoms with Crippen LogP contribution in [-0.4, -0.2) is 24.9 Å². The Labute approximate surface area is 134 Å². The van der Waals surface area contributed by atoms with Crippen LogP contribution in [0, 0.1) is 13.8 Å². The molecule has 1 aromatic rings. The molecule has 0 bridgehead atoms. The Morgan fingerprint density at radius 1 is 1.09 bits per heavy atom. The topological polar surface area (TPSA) is 70.5 Å². The molecule has 0 radical (unpaired) electrons. The van der Waals surface area contributed by atoms with Gasteiger partial charge in [-0.25, -0.2) is 0 Å². The van der Waals surface area contributed by atoms with Crippen molar-refractivity contribution in [2.45, 2.75) is 52.7 Å². The lowest BCUT2D eigenvalue weighted by Crippen LogP contribution is -2.41. The molecule has 0 atom stereocenters. The van der Waals surface area contributed by atoms with Crippen molar-refractivity contribution in [2.24, 2.45) is 5.73 Å². The predicted octanol–water partition coefficient (Wildman–Crippen LogP) is 2.86. The van der Waals surface area contributed by atoms with Gasteiger partial charge in [-0.3, -0.25) is 0 Å². The van der Waals surface area contributed by atoms with E-state index < -0.39 is 7.12 Å². The maximum atomic E-state index is 6.10. The van der Waals surface area contributed by atoms with Crippen LogP contribution in [0.5, 0.6) is 0 Å². The highest BCUT2D eigenvalue weighted by Crippen LogP contribution is 2.38. The quantitative estimate of drug-likeness (QED) is 0.665. The van der Waals surface area contributed by atoms with Gasteiger partial charge in [0.2, 0.25) is 0 Å². The molecule has 1 saturated heterocycles. The fourth-order valence-corrected chi connectivity index (χ4v) is 2.64. The minimum atomic E-state index is -0.411. The van der Waals surface area contributed by atoms with Crippen LogP contribution in [0.3, 0.4) is 0 Å². The number of rotatable bonds is 3. The Morgan fingerprint density at radius 2 is 1.55 bits per heavy atom. The Balaban J connectivity index is 2.38. The molecule has 4 nitrogen and oxygen atoms in total. The predicted molar refractivity (Wildman–Crippen MR) is 93.4 cm³/mol. The fraction of sp³-hybridized carbons (Fsp3) is 0.529. The van der Waals surface area contributed by atoms with Gasteiger partial charge in [-0.05, 0) is 75.8 Å². The summed E-state index contributed by atoms with van der Waals surface area (Å²) in [5.41, 5.74) is 16.2. The van der Waals surface area contributed by atoms with Gasteiger partial charge in [0, 0.05) is 12.2 Å². The van der Waals surface area contributed by atoms with E-state index in [4.69, 9.17) is 20.8 Å². The van der Waals surface area contributed by atoms with Crippen LogP contribution in [0.4, 0.5) is 5.69 Å². The fourth-order valence-electron chi connectivity index (χ4n) is 2.64. The van der Waals surface area contributed by atoms with E-state index in [-0.39, 0.29) is 11.2 Å². The van der Waals surface area contributed by atoms with E-state index in [0.717, 1.165) is 27.9 Å². The minimum absolute atomic E-state index is 0.364. The summed E-state index contributed by atoms with van der Waals surface area (Å²) >= 11 is 0. The molecule has 2 rings (SSSR count). The molecule has 0 saturated carbocycles. The second-order valence-corrected chi connectivity index (χ2v) is 7.08. The smallest absolute Gasteiger partial charge is 0.400 e. The summed E-state index contributed by atoms with van der Waals surface area (Å²) < 4.78 is 12.2. The summed E-state index contributed by atoms with van der Waals surface area (Å²) in [6, 6.07) is 3.94. The highest BCUT2D eigenvalue weighted by Gasteiger charge is 2.52. The molecule has 22 heavy (non-hydrogen) atoms. The normalized spacial score (nSPS) is 20.5. The first-order valence-electron chi connectivity index (χ1n) is 7.70. The summed E-state index contributed by atoms with van der Waals surface area (Å²) in [5.74, 6) is 0. The van der Waals surface area contributed by atoms with Gasteiger partial charge in [0.05, 0.1) is 11.2 Å². The third-order valence-electron chi connectivity index (χ3n) is 4.74. The third kappa shape index (κ3) is 3.07. The molecular formula is C17H27BN2O2. The van der Waals surface area contributed by atoms with Crippen molar-refractivity contribution < 1.29 is 9.31 Å². The number of nitrogen functional groups attached to an aromatic ring is 1. The first-order chi connectivity index (χ1) is 10.1. The standard InChI is InChI=1S/C17H27BN2O2/c1-11-7-14(20)8-12(2)15(11)9-13(10-19)18-21-16(3,4)17(5,6)22-18/h7-9H,10,19-20H2,1-6H3. The van der Waals surface area contributed by atoms with Crippen LogP contribution < -0.4 is 11.5 Å². The lowest BCUT2D eigenvalue weighted by atomic mass is 9.76. The van der Waals surface area contributed by atoms with Crippen LogP contribution in [0.1, 0.15) is 44.4 Å². The van der Waals surface area contributed by atoms with Gasteiger partial charge in [-0.2, -0.15) is 0 Å². The molecule has 0 aromatic heterocycles. The van der Waals surface area contributed by atoms with Crippen molar-refractivity contribution in [1.29, 1.82) is 0 Å². The van der Waals surface area contributed by atoms with E-state index in [1.165, 1.54) is 0 Å². The van der Waals surface area contributed by atoms with Crippen LogP contribution >= 0.6 is 0 Å². The molecule has 0 spiro atoms. The molecule has 0 aliphatic carbocycles. The SMILES string of the molecule is Cc1cc(N)cc(C)c1C=C(CN)B1OC(C)(C)C(C)(C)O1. The lowest BCUT2D eigenvalue weighted by Gasteiger charge is -2.32. The monoisotopic (exact) mass is 302 g/mol. The van der Waals surface area contributed by atoms with Crippen LogP contribution in [-0.2, 0) is 9.31 Å². The van der Waals surface area contributed by atoms with E-state index in [9.17, 15) is 0 Å². The van der Waals surface area contributed by atoms with Crippen molar-refractivity contribution in [3.05, 3.63) is 34.3 Å². The molecule has 4 N–H and O–H groups in total. The zero-order valence-corrected chi connectivity index (χ0v) is 14.5. The second-order valence-electron chi connectivity index (χ2n) is 7.08. The van der Waals surface area contributed by atoms with Gasteiger partial charge in [0.15, 0.2) is 0 Å². The maximum absolute atomic E-state index is 6.10. The largest absolute Gasteiger partial charge is 0.491 e. The van der Waals surface area contributed by atoms with Gasteiger partial charge in [-0.1, -0.05) is 6.08 Å². The van der Waals surface area contributed by atoms with Gasteiger partial charge in [0.1, 0.15) is 0 Å². The summed E-state index contributed by atoms with van der Waals surface area (Å²) in [5, 5.41) is 0. The van der Waals surface area contributed by atoms with Crippen molar-refractivity contribution in [2.75, 3.05) is 12.3 Å². The zero-order chi connectivity index (χ0) is 16.7. The minimum Gasteiger partial charge on any atom is -0.400 e. The molecule has 120 valence electrons. The highest BCUT2D eigenvalue weighted by atomic mass is 16.7. The first-order valence-corrected chi connectivity index (χ1v) is 7.70. The zero-order valence-electron chi connectivity index (χ0n) is 14.5. The number of aryl methyl sites for hydroxylation is 2.